The largest absolute Gasteiger partial charge is 0.403 e. The number of carbonyl (C=O) groups excluding carboxylic acids is 2. The van der Waals surface area contributed by atoms with E-state index in [1.807, 2.05) is 13.8 Å². The molecule has 1 fully saturated rings. The second-order valence-electron chi connectivity index (χ2n) is 4.61. The topological polar surface area (TPSA) is 63.4 Å². The summed E-state index contributed by atoms with van der Waals surface area (Å²) in [5.41, 5.74) is 5.73. The molecule has 0 aliphatic heterocycles. The molecule has 0 atom stereocenters. The highest BCUT2D eigenvalue weighted by Gasteiger charge is 2.30. The highest BCUT2D eigenvalue weighted by Crippen LogP contribution is 2.33. The highest BCUT2D eigenvalue weighted by molar-refractivity contribution is 5.97. The number of rotatable bonds is 5. The molecule has 1 saturated carbocycles. The Morgan fingerprint density at radius 3 is 2.31 bits per heavy atom. The van der Waals surface area contributed by atoms with E-state index in [9.17, 15) is 9.59 Å². The number of Topliss-reactive ketones (excluding diaryl/α,β-unsaturated/α-hetero) is 1. The lowest BCUT2D eigenvalue weighted by atomic mass is 10.1. The fourth-order valence-electron chi connectivity index (χ4n) is 1.74. The zero-order chi connectivity index (χ0) is 12.3. The van der Waals surface area contributed by atoms with E-state index >= 15 is 0 Å². The Hall–Kier alpha value is -1.32. The number of hydrogen-bond donors (Lipinski definition) is 1. The second-order valence-corrected chi connectivity index (χ2v) is 4.61. The van der Waals surface area contributed by atoms with Gasteiger partial charge in [0, 0.05) is 25.6 Å². The standard InChI is InChI=1S/C12H20N2O2/c1-8(2)14(11(7-13)9(3)15)12(16)6-10-4-5-10/h7-8,10H,4-6,13H2,1-3H3/b11-7-. The van der Waals surface area contributed by atoms with Crippen LogP contribution in [0.25, 0.3) is 0 Å². The fraction of sp³-hybridized carbons (Fsp3) is 0.667. The minimum absolute atomic E-state index is 0.00407. The Morgan fingerprint density at radius 1 is 1.44 bits per heavy atom. The molecule has 0 radical (unpaired) electrons. The molecule has 1 rings (SSSR count). The van der Waals surface area contributed by atoms with Crippen LogP contribution in [0.1, 0.15) is 40.0 Å². The van der Waals surface area contributed by atoms with Crippen molar-refractivity contribution in [3.05, 3.63) is 11.9 Å². The van der Waals surface area contributed by atoms with Crippen LogP contribution in [-0.2, 0) is 9.59 Å². The summed E-state index contributed by atoms with van der Waals surface area (Å²) in [5.74, 6) is 0.351. The first-order valence-electron chi connectivity index (χ1n) is 5.72. The van der Waals surface area contributed by atoms with E-state index in [-0.39, 0.29) is 17.7 Å². The van der Waals surface area contributed by atoms with Crippen molar-refractivity contribution in [2.45, 2.75) is 46.1 Å². The van der Waals surface area contributed by atoms with Crippen LogP contribution in [0.5, 0.6) is 0 Å². The summed E-state index contributed by atoms with van der Waals surface area (Å²) in [6, 6.07) is -0.0371. The van der Waals surface area contributed by atoms with Gasteiger partial charge < -0.3 is 10.6 Å². The molecule has 0 aromatic rings. The predicted molar refractivity (Wildman–Crippen MR) is 62.3 cm³/mol. The van der Waals surface area contributed by atoms with Crippen molar-refractivity contribution in [2.24, 2.45) is 11.7 Å². The summed E-state index contributed by atoms with van der Waals surface area (Å²) >= 11 is 0. The Morgan fingerprint density at radius 2 is 2.00 bits per heavy atom. The summed E-state index contributed by atoms with van der Waals surface area (Å²) in [7, 11) is 0. The molecular formula is C12H20N2O2. The number of nitrogens with two attached hydrogens (primary N) is 1. The zero-order valence-corrected chi connectivity index (χ0v) is 10.2. The van der Waals surface area contributed by atoms with Crippen LogP contribution in [0.3, 0.4) is 0 Å². The van der Waals surface area contributed by atoms with Crippen LogP contribution < -0.4 is 5.73 Å². The Balaban J connectivity index is 2.79. The Labute approximate surface area is 96.5 Å². The van der Waals surface area contributed by atoms with Gasteiger partial charge in [-0.3, -0.25) is 9.59 Å². The fourth-order valence-corrected chi connectivity index (χ4v) is 1.74. The molecule has 0 saturated heterocycles. The average molecular weight is 224 g/mol. The Bertz CT molecular complexity index is 317. The maximum atomic E-state index is 12.0. The molecule has 1 amide bonds. The van der Waals surface area contributed by atoms with E-state index in [1.54, 1.807) is 0 Å². The van der Waals surface area contributed by atoms with Gasteiger partial charge in [-0.25, -0.2) is 0 Å². The van der Waals surface area contributed by atoms with E-state index in [2.05, 4.69) is 0 Å². The van der Waals surface area contributed by atoms with Crippen LogP contribution in [0.2, 0.25) is 0 Å². The van der Waals surface area contributed by atoms with Crippen LogP contribution in [0, 0.1) is 5.92 Å². The van der Waals surface area contributed by atoms with Crippen molar-refractivity contribution in [1.29, 1.82) is 0 Å². The summed E-state index contributed by atoms with van der Waals surface area (Å²) in [6.07, 6.45) is 4.01. The quantitative estimate of drug-likeness (QED) is 0.718. The number of amides is 1. The summed E-state index contributed by atoms with van der Waals surface area (Å²) in [4.78, 5) is 24.9. The van der Waals surface area contributed by atoms with Crippen molar-refractivity contribution in [3.8, 4) is 0 Å². The molecule has 4 heteroatoms. The molecule has 0 unspecified atom stereocenters. The maximum Gasteiger partial charge on any atom is 0.227 e. The van der Waals surface area contributed by atoms with E-state index < -0.39 is 0 Å². The lowest BCUT2D eigenvalue weighted by Crippen LogP contribution is -2.39. The summed E-state index contributed by atoms with van der Waals surface area (Å²) < 4.78 is 0. The van der Waals surface area contributed by atoms with Crippen molar-refractivity contribution >= 4 is 11.7 Å². The Kier molecular flexibility index (Phi) is 4.10. The first-order valence-corrected chi connectivity index (χ1v) is 5.72. The number of nitrogens with zero attached hydrogens (tertiary/aromatic N) is 1. The first-order chi connectivity index (χ1) is 7.47. The molecule has 1 aliphatic carbocycles. The molecule has 0 heterocycles. The van der Waals surface area contributed by atoms with Gasteiger partial charge >= 0.3 is 0 Å². The molecule has 0 aromatic carbocycles. The van der Waals surface area contributed by atoms with Crippen LogP contribution in [-0.4, -0.2) is 22.6 Å². The molecule has 1 aliphatic rings. The first kappa shape index (κ1) is 12.7. The highest BCUT2D eigenvalue weighted by atomic mass is 16.2. The smallest absolute Gasteiger partial charge is 0.227 e. The van der Waals surface area contributed by atoms with Crippen molar-refractivity contribution in [2.75, 3.05) is 0 Å². The van der Waals surface area contributed by atoms with E-state index in [0.717, 1.165) is 12.8 Å². The summed E-state index contributed by atoms with van der Waals surface area (Å²) in [5, 5.41) is 0. The van der Waals surface area contributed by atoms with Gasteiger partial charge in [-0.15, -0.1) is 0 Å². The van der Waals surface area contributed by atoms with Crippen molar-refractivity contribution < 1.29 is 9.59 Å². The SMILES string of the molecule is CC(=O)/C(=C/N)N(C(=O)CC1CC1)C(C)C. The lowest BCUT2D eigenvalue weighted by molar-refractivity contribution is -0.133. The number of allylic oxidation sites excluding steroid dienone is 1. The summed E-state index contributed by atoms with van der Waals surface area (Å²) in [6.45, 7) is 5.20. The molecular weight excluding hydrogens is 204 g/mol. The molecule has 90 valence electrons. The predicted octanol–water partition coefficient (Wildman–Crippen LogP) is 1.41. The minimum atomic E-state index is -0.166. The number of ketones is 1. The van der Waals surface area contributed by atoms with Gasteiger partial charge in [0.05, 0.1) is 0 Å². The van der Waals surface area contributed by atoms with Gasteiger partial charge in [-0.05, 0) is 32.6 Å². The van der Waals surface area contributed by atoms with Crippen LogP contribution in [0.4, 0.5) is 0 Å². The van der Waals surface area contributed by atoms with E-state index in [0.29, 0.717) is 18.0 Å². The van der Waals surface area contributed by atoms with E-state index in [4.69, 9.17) is 5.73 Å². The zero-order valence-electron chi connectivity index (χ0n) is 10.2. The van der Waals surface area contributed by atoms with Gasteiger partial charge in [0.2, 0.25) is 5.91 Å². The third-order valence-electron chi connectivity index (χ3n) is 2.72. The third-order valence-corrected chi connectivity index (χ3v) is 2.72. The third kappa shape index (κ3) is 3.08. The molecule has 2 N–H and O–H groups in total. The lowest BCUT2D eigenvalue weighted by Gasteiger charge is -2.27. The molecule has 0 bridgehead atoms. The molecule has 0 aromatic heterocycles. The average Bonchev–Trinajstić information content (AvgIpc) is 2.95. The van der Waals surface area contributed by atoms with Crippen molar-refractivity contribution in [3.63, 3.8) is 0 Å². The van der Waals surface area contributed by atoms with Crippen molar-refractivity contribution in [1.82, 2.24) is 4.90 Å². The molecule has 16 heavy (non-hydrogen) atoms. The van der Waals surface area contributed by atoms with Crippen LogP contribution in [0.15, 0.2) is 11.9 Å². The van der Waals surface area contributed by atoms with Gasteiger partial charge in [-0.2, -0.15) is 0 Å². The molecule has 4 nitrogen and oxygen atoms in total. The minimum Gasteiger partial charge on any atom is -0.403 e. The van der Waals surface area contributed by atoms with Gasteiger partial charge in [0.25, 0.3) is 0 Å². The number of hydrogen-bond acceptors (Lipinski definition) is 3. The normalized spacial score (nSPS) is 16.4. The van der Waals surface area contributed by atoms with Gasteiger partial charge in [0.15, 0.2) is 5.78 Å². The van der Waals surface area contributed by atoms with Gasteiger partial charge in [-0.1, -0.05) is 0 Å². The second kappa shape index (κ2) is 5.14. The monoisotopic (exact) mass is 224 g/mol. The molecule has 0 spiro atoms. The maximum absolute atomic E-state index is 12.0. The number of carbonyl (C=O) groups is 2. The van der Waals surface area contributed by atoms with Crippen LogP contribution >= 0.6 is 0 Å². The van der Waals surface area contributed by atoms with Gasteiger partial charge in [0.1, 0.15) is 5.70 Å². The van der Waals surface area contributed by atoms with E-state index in [1.165, 1.54) is 18.0 Å².